The Labute approximate surface area is 119 Å². The lowest BCUT2D eigenvalue weighted by Gasteiger charge is -2.16. The monoisotopic (exact) mass is 271 g/mol. The molecule has 0 amide bonds. The third-order valence-corrected chi connectivity index (χ3v) is 3.76. The average molecular weight is 271 g/mol. The van der Waals surface area contributed by atoms with Gasteiger partial charge in [0.2, 0.25) is 0 Å². The number of tetrazole rings is 1. The first-order valence-corrected chi connectivity index (χ1v) is 7.23. The standard InChI is InChI=1S/C15H21N5/c1-11-3-5-12(6-4-11)13(10-16-14-7-8-14)9-15-17-19-20(2)18-15/h3-6,13-14,16H,7-10H2,1-2H3. The highest BCUT2D eigenvalue weighted by molar-refractivity contribution is 5.25. The Kier molecular flexibility index (Phi) is 3.78. The van der Waals surface area contributed by atoms with Gasteiger partial charge in [-0.2, -0.15) is 4.80 Å². The van der Waals surface area contributed by atoms with Crippen molar-refractivity contribution in [2.45, 2.75) is 38.1 Å². The van der Waals surface area contributed by atoms with Crippen LogP contribution in [-0.4, -0.2) is 32.8 Å². The van der Waals surface area contributed by atoms with Gasteiger partial charge >= 0.3 is 0 Å². The molecule has 1 aliphatic carbocycles. The van der Waals surface area contributed by atoms with Crippen LogP contribution in [0.15, 0.2) is 24.3 Å². The quantitative estimate of drug-likeness (QED) is 0.867. The van der Waals surface area contributed by atoms with Crippen molar-refractivity contribution in [1.82, 2.24) is 25.5 Å². The van der Waals surface area contributed by atoms with Gasteiger partial charge in [0.15, 0.2) is 5.82 Å². The molecule has 0 radical (unpaired) electrons. The van der Waals surface area contributed by atoms with Crippen LogP contribution in [0.5, 0.6) is 0 Å². The van der Waals surface area contributed by atoms with Gasteiger partial charge in [-0.1, -0.05) is 29.8 Å². The number of nitrogens with one attached hydrogen (secondary N) is 1. The number of benzene rings is 1. The Balaban J connectivity index is 1.73. The molecule has 20 heavy (non-hydrogen) atoms. The number of aryl methyl sites for hydroxylation is 2. The second kappa shape index (κ2) is 5.71. The maximum absolute atomic E-state index is 4.30. The minimum absolute atomic E-state index is 0.403. The Morgan fingerprint density at radius 3 is 2.65 bits per heavy atom. The van der Waals surface area contributed by atoms with Crippen LogP contribution in [0.4, 0.5) is 0 Å². The molecule has 2 aromatic rings. The summed E-state index contributed by atoms with van der Waals surface area (Å²) in [5.41, 5.74) is 2.64. The zero-order chi connectivity index (χ0) is 13.9. The summed E-state index contributed by atoms with van der Waals surface area (Å²) in [4.78, 5) is 1.52. The molecule has 1 atom stereocenters. The SMILES string of the molecule is Cc1ccc(C(CNC2CC2)Cc2nnn(C)n2)cc1. The van der Waals surface area contributed by atoms with E-state index in [0.29, 0.717) is 5.92 Å². The number of hydrogen-bond donors (Lipinski definition) is 1. The van der Waals surface area contributed by atoms with Crippen molar-refractivity contribution in [2.75, 3.05) is 6.54 Å². The minimum atomic E-state index is 0.403. The Morgan fingerprint density at radius 1 is 1.30 bits per heavy atom. The summed E-state index contributed by atoms with van der Waals surface area (Å²) in [5, 5.41) is 16.0. The molecule has 1 fully saturated rings. The molecule has 106 valence electrons. The predicted octanol–water partition coefficient (Wildman–Crippen LogP) is 1.60. The van der Waals surface area contributed by atoms with E-state index in [1.165, 1.54) is 28.8 Å². The molecule has 5 heteroatoms. The van der Waals surface area contributed by atoms with E-state index in [0.717, 1.165) is 24.8 Å². The molecular weight excluding hydrogens is 250 g/mol. The summed E-state index contributed by atoms with van der Waals surface area (Å²) in [7, 11) is 1.81. The van der Waals surface area contributed by atoms with E-state index in [-0.39, 0.29) is 0 Å². The van der Waals surface area contributed by atoms with Gasteiger partial charge in [0.05, 0.1) is 7.05 Å². The van der Waals surface area contributed by atoms with Crippen LogP contribution in [0.1, 0.15) is 35.7 Å². The molecule has 0 saturated heterocycles. The number of nitrogens with zero attached hydrogens (tertiary/aromatic N) is 4. The van der Waals surface area contributed by atoms with E-state index in [4.69, 9.17) is 0 Å². The van der Waals surface area contributed by atoms with Crippen molar-refractivity contribution < 1.29 is 0 Å². The zero-order valence-electron chi connectivity index (χ0n) is 12.1. The molecule has 1 saturated carbocycles. The van der Waals surface area contributed by atoms with Crippen molar-refractivity contribution >= 4 is 0 Å². The largest absolute Gasteiger partial charge is 0.313 e. The Hall–Kier alpha value is -1.75. The summed E-state index contributed by atoms with van der Waals surface area (Å²) < 4.78 is 0. The van der Waals surface area contributed by atoms with Gasteiger partial charge in [0.1, 0.15) is 0 Å². The first-order valence-electron chi connectivity index (χ1n) is 7.23. The van der Waals surface area contributed by atoms with Gasteiger partial charge in [-0.25, -0.2) is 0 Å². The van der Waals surface area contributed by atoms with Gasteiger partial charge in [-0.15, -0.1) is 10.2 Å². The number of aromatic nitrogens is 4. The van der Waals surface area contributed by atoms with Crippen LogP contribution in [0.3, 0.4) is 0 Å². The molecule has 0 bridgehead atoms. The highest BCUT2D eigenvalue weighted by Gasteiger charge is 2.23. The summed E-state index contributed by atoms with van der Waals surface area (Å²) in [6, 6.07) is 9.49. The van der Waals surface area contributed by atoms with Crippen molar-refractivity contribution in [3.8, 4) is 0 Å². The second-order valence-electron chi connectivity index (χ2n) is 5.69. The fraction of sp³-hybridized carbons (Fsp3) is 0.533. The summed E-state index contributed by atoms with van der Waals surface area (Å²) in [6.45, 7) is 3.09. The molecule has 1 heterocycles. The molecule has 5 nitrogen and oxygen atoms in total. The normalized spacial score (nSPS) is 16.3. The lowest BCUT2D eigenvalue weighted by Crippen LogP contribution is -2.25. The van der Waals surface area contributed by atoms with E-state index in [1.54, 1.807) is 7.05 Å². The zero-order valence-corrected chi connectivity index (χ0v) is 12.1. The maximum Gasteiger partial charge on any atom is 0.175 e. The van der Waals surface area contributed by atoms with Crippen LogP contribution >= 0.6 is 0 Å². The molecular formula is C15H21N5. The first kappa shape index (κ1) is 13.2. The second-order valence-corrected chi connectivity index (χ2v) is 5.69. The highest BCUT2D eigenvalue weighted by atomic mass is 15.6. The lowest BCUT2D eigenvalue weighted by atomic mass is 9.94. The fourth-order valence-corrected chi connectivity index (χ4v) is 2.37. The smallest absolute Gasteiger partial charge is 0.175 e. The van der Waals surface area contributed by atoms with Gasteiger partial charge in [0, 0.05) is 24.9 Å². The lowest BCUT2D eigenvalue weighted by molar-refractivity contribution is 0.563. The van der Waals surface area contributed by atoms with E-state index in [1.807, 2.05) is 0 Å². The maximum atomic E-state index is 4.30. The molecule has 1 N–H and O–H groups in total. The van der Waals surface area contributed by atoms with Gasteiger partial charge < -0.3 is 5.32 Å². The third-order valence-electron chi connectivity index (χ3n) is 3.76. The minimum Gasteiger partial charge on any atom is -0.313 e. The predicted molar refractivity (Wildman–Crippen MR) is 77.4 cm³/mol. The topological polar surface area (TPSA) is 55.6 Å². The molecule has 1 aliphatic rings. The molecule has 0 aliphatic heterocycles. The molecule has 1 aromatic carbocycles. The fourth-order valence-electron chi connectivity index (χ4n) is 2.37. The van der Waals surface area contributed by atoms with E-state index in [2.05, 4.69) is 51.9 Å². The van der Waals surface area contributed by atoms with Crippen LogP contribution in [0.2, 0.25) is 0 Å². The number of hydrogen-bond acceptors (Lipinski definition) is 4. The first-order chi connectivity index (χ1) is 9.70. The van der Waals surface area contributed by atoms with E-state index < -0.39 is 0 Å². The van der Waals surface area contributed by atoms with Crippen molar-refractivity contribution in [3.63, 3.8) is 0 Å². The number of rotatable bonds is 6. The molecule has 3 rings (SSSR count). The van der Waals surface area contributed by atoms with Crippen LogP contribution in [-0.2, 0) is 13.5 Å². The third kappa shape index (κ3) is 3.42. The Morgan fingerprint density at radius 2 is 2.05 bits per heavy atom. The summed E-state index contributed by atoms with van der Waals surface area (Å²) in [6.07, 6.45) is 3.45. The highest BCUT2D eigenvalue weighted by Crippen LogP contribution is 2.23. The van der Waals surface area contributed by atoms with Crippen molar-refractivity contribution in [1.29, 1.82) is 0 Å². The van der Waals surface area contributed by atoms with Crippen LogP contribution in [0, 0.1) is 6.92 Å². The van der Waals surface area contributed by atoms with Crippen LogP contribution in [0.25, 0.3) is 0 Å². The van der Waals surface area contributed by atoms with Crippen LogP contribution < -0.4 is 5.32 Å². The van der Waals surface area contributed by atoms with E-state index in [9.17, 15) is 0 Å². The van der Waals surface area contributed by atoms with Gasteiger partial charge in [-0.3, -0.25) is 0 Å². The van der Waals surface area contributed by atoms with Gasteiger partial charge in [-0.05, 0) is 30.5 Å². The van der Waals surface area contributed by atoms with Crippen molar-refractivity contribution in [3.05, 3.63) is 41.2 Å². The summed E-state index contributed by atoms with van der Waals surface area (Å²) >= 11 is 0. The Bertz CT molecular complexity index is 556. The molecule has 1 aromatic heterocycles. The molecule has 0 spiro atoms. The van der Waals surface area contributed by atoms with Gasteiger partial charge in [0.25, 0.3) is 0 Å². The molecule has 1 unspecified atom stereocenters. The average Bonchev–Trinajstić information content (AvgIpc) is 3.18. The van der Waals surface area contributed by atoms with E-state index >= 15 is 0 Å². The van der Waals surface area contributed by atoms with Crippen molar-refractivity contribution in [2.24, 2.45) is 7.05 Å². The summed E-state index contributed by atoms with van der Waals surface area (Å²) in [5.74, 6) is 1.22.